The van der Waals surface area contributed by atoms with Crippen LogP contribution in [0.3, 0.4) is 0 Å². The van der Waals surface area contributed by atoms with E-state index in [-0.39, 0.29) is 5.78 Å². The molecule has 100 valence electrons. The molecule has 2 rings (SSSR count). The number of allylic oxidation sites excluding steroid dienone is 2. The maximum absolute atomic E-state index is 11.8. The first-order valence-corrected chi connectivity index (χ1v) is 6.68. The second-order valence-electron chi connectivity index (χ2n) is 4.78. The number of carbonyl (C=O) groups excluding carboxylic acids is 1. The van der Waals surface area contributed by atoms with Gasteiger partial charge in [-0.15, -0.1) is 0 Å². The molecule has 0 saturated heterocycles. The molecule has 0 spiro atoms. The van der Waals surface area contributed by atoms with Gasteiger partial charge in [-0.2, -0.15) is 0 Å². The normalized spacial score (nSPS) is 11.3. The molecule has 2 aromatic rings. The Hall–Kier alpha value is -2.41. The Bertz CT molecular complexity index is 605. The fourth-order valence-electron chi connectivity index (χ4n) is 1.95. The topological polar surface area (TPSA) is 17.1 Å². The highest BCUT2D eigenvalue weighted by Crippen LogP contribution is 2.10. The average molecular weight is 262 g/mol. The maximum Gasteiger partial charge on any atom is 0.178 e. The maximum atomic E-state index is 11.8. The van der Waals surface area contributed by atoms with Crippen LogP contribution in [-0.4, -0.2) is 5.78 Å². The third kappa shape index (κ3) is 3.79. The molecular weight excluding hydrogens is 244 g/mol. The van der Waals surface area contributed by atoms with Gasteiger partial charge in [0, 0.05) is 0 Å². The van der Waals surface area contributed by atoms with Crippen LogP contribution in [0.1, 0.15) is 22.3 Å². The van der Waals surface area contributed by atoms with Gasteiger partial charge in [0.25, 0.3) is 0 Å². The zero-order valence-electron chi connectivity index (χ0n) is 11.8. The lowest BCUT2D eigenvalue weighted by Gasteiger charge is -1.98. The van der Waals surface area contributed by atoms with Crippen LogP contribution in [-0.2, 0) is 4.79 Å². The van der Waals surface area contributed by atoms with E-state index in [2.05, 4.69) is 0 Å². The van der Waals surface area contributed by atoms with Gasteiger partial charge in [0.05, 0.1) is 0 Å². The first-order valence-electron chi connectivity index (χ1n) is 6.68. The lowest BCUT2D eigenvalue weighted by atomic mass is 10.1. The highest BCUT2D eigenvalue weighted by atomic mass is 16.1. The Morgan fingerprint density at radius 3 is 1.55 bits per heavy atom. The second kappa shape index (κ2) is 6.67. The number of carbonyl (C=O) groups is 1. The summed E-state index contributed by atoms with van der Waals surface area (Å²) in [6.45, 7) is 4.07. The number of hydrogen-bond acceptors (Lipinski definition) is 1. The van der Waals surface area contributed by atoms with Crippen molar-refractivity contribution in [2.75, 3.05) is 0 Å². The fourth-order valence-corrected chi connectivity index (χ4v) is 1.95. The van der Waals surface area contributed by atoms with Gasteiger partial charge in [-0.05, 0) is 48.3 Å². The van der Waals surface area contributed by atoms with Crippen molar-refractivity contribution in [2.24, 2.45) is 0 Å². The van der Waals surface area contributed by atoms with Crippen LogP contribution in [0.25, 0.3) is 12.2 Å². The standard InChI is InChI=1S/C19H18O/c1-15-7-3-5-9-17(15)11-13-19(20)14-12-18-10-6-4-8-16(18)2/h3-14H,1-2H3/b13-11+,14-12+. The van der Waals surface area contributed by atoms with Crippen molar-refractivity contribution in [2.45, 2.75) is 13.8 Å². The van der Waals surface area contributed by atoms with E-state index in [1.54, 1.807) is 12.2 Å². The molecule has 0 amide bonds. The smallest absolute Gasteiger partial charge is 0.178 e. The molecule has 2 aromatic carbocycles. The summed E-state index contributed by atoms with van der Waals surface area (Å²) in [6, 6.07) is 16.0. The van der Waals surface area contributed by atoms with Gasteiger partial charge in [-0.1, -0.05) is 60.7 Å². The van der Waals surface area contributed by atoms with Crippen LogP contribution in [0.5, 0.6) is 0 Å². The number of hydrogen-bond donors (Lipinski definition) is 0. The number of benzene rings is 2. The molecule has 0 aliphatic rings. The molecular formula is C19H18O. The molecule has 0 N–H and O–H groups in total. The van der Waals surface area contributed by atoms with Crippen LogP contribution in [0.15, 0.2) is 60.7 Å². The molecule has 0 aliphatic carbocycles. The Morgan fingerprint density at radius 2 is 1.15 bits per heavy atom. The molecule has 0 atom stereocenters. The molecule has 1 heteroatoms. The van der Waals surface area contributed by atoms with Crippen LogP contribution >= 0.6 is 0 Å². The Kier molecular flexibility index (Phi) is 4.67. The summed E-state index contributed by atoms with van der Waals surface area (Å²) < 4.78 is 0. The van der Waals surface area contributed by atoms with E-state index in [1.165, 1.54) is 11.1 Å². The SMILES string of the molecule is Cc1ccccc1/C=C/C(=O)/C=C/c1ccccc1C. The Morgan fingerprint density at radius 1 is 0.750 bits per heavy atom. The van der Waals surface area contributed by atoms with Crippen molar-refractivity contribution < 1.29 is 4.79 Å². The predicted octanol–water partition coefficient (Wildman–Crippen LogP) is 4.60. The molecule has 0 heterocycles. The van der Waals surface area contributed by atoms with E-state index in [1.807, 2.05) is 74.5 Å². The molecule has 1 nitrogen and oxygen atoms in total. The van der Waals surface area contributed by atoms with Gasteiger partial charge < -0.3 is 0 Å². The molecule has 20 heavy (non-hydrogen) atoms. The quantitative estimate of drug-likeness (QED) is 0.736. The highest BCUT2D eigenvalue weighted by Gasteiger charge is 1.95. The lowest BCUT2D eigenvalue weighted by Crippen LogP contribution is -1.87. The third-order valence-corrected chi connectivity index (χ3v) is 3.23. The van der Waals surface area contributed by atoms with E-state index in [0.717, 1.165) is 11.1 Å². The predicted molar refractivity (Wildman–Crippen MR) is 85.4 cm³/mol. The highest BCUT2D eigenvalue weighted by molar-refractivity contribution is 6.04. The summed E-state index contributed by atoms with van der Waals surface area (Å²) in [5.74, 6) is -0.00324. The summed E-state index contributed by atoms with van der Waals surface area (Å²) >= 11 is 0. The summed E-state index contributed by atoms with van der Waals surface area (Å²) in [5.41, 5.74) is 4.48. The minimum absolute atomic E-state index is 0.00324. The van der Waals surface area contributed by atoms with Crippen LogP contribution in [0.2, 0.25) is 0 Å². The van der Waals surface area contributed by atoms with Gasteiger partial charge in [0.1, 0.15) is 0 Å². The zero-order chi connectivity index (χ0) is 14.4. The van der Waals surface area contributed by atoms with E-state index in [0.29, 0.717) is 0 Å². The first-order chi connectivity index (χ1) is 9.66. The minimum Gasteiger partial charge on any atom is -0.290 e. The van der Waals surface area contributed by atoms with Gasteiger partial charge in [0.15, 0.2) is 5.78 Å². The molecule has 0 aliphatic heterocycles. The second-order valence-corrected chi connectivity index (χ2v) is 4.78. The summed E-state index contributed by atoms with van der Waals surface area (Å²) in [7, 11) is 0. The van der Waals surface area contributed by atoms with E-state index >= 15 is 0 Å². The van der Waals surface area contributed by atoms with Crippen molar-refractivity contribution in [1.29, 1.82) is 0 Å². The third-order valence-electron chi connectivity index (χ3n) is 3.23. The van der Waals surface area contributed by atoms with Crippen molar-refractivity contribution in [1.82, 2.24) is 0 Å². The number of ketones is 1. The number of aryl methyl sites for hydroxylation is 2. The zero-order valence-corrected chi connectivity index (χ0v) is 11.8. The van der Waals surface area contributed by atoms with E-state index < -0.39 is 0 Å². The van der Waals surface area contributed by atoms with Gasteiger partial charge in [-0.25, -0.2) is 0 Å². The van der Waals surface area contributed by atoms with Crippen molar-refractivity contribution in [3.63, 3.8) is 0 Å². The summed E-state index contributed by atoms with van der Waals surface area (Å²) in [5, 5.41) is 0. The van der Waals surface area contributed by atoms with Crippen molar-refractivity contribution >= 4 is 17.9 Å². The largest absolute Gasteiger partial charge is 0.290 e. The van der Waals surface area contributed by atoms with Crippen molar-refractivity contribution in [3.05, 3.63) is 82.9 Å². The first kappa shape index (κ1) is 14.0. The van der Waals surface area contributed by atoms with Crippen LogP contribution < -0.4 is 0 Å². The molecule has 0 fully saturated rings. The van der Waals surface area contributed by atoms with Gasteiger partial charge >= 0.3 is 0 Å². The van der Waals surface area contributed by atoms with Gasteiger partial charge in [0.2, 0.25) is 0 Å². The molecule has 0 bridgehead atoms. The van der Waals surface area contributed by atoms with E-state index in [9.17, 15) is 4.79 Å². The fraction of sp³-hybridized carbons (Fsp3) is 0.105. The molecule has 0 unspecified atom stereocenters. The summed E-state index contributed by atoms with van der Waals surface area (Å²) in [4.78, 5) is 11.8. The average Bonchev–Trinajstić information content (AvgIpc) is 2.45. The molecule has 0 aromatic heterocycles. The molecule has 0 radical (unpaired) electrons. The minimum atomic E-state index is -0.00324. The Balaban J connectivity index is 2.07. The van der Waals surface area contributed by atoms with Crippen LogP contribution in [0.4, 0.5) is 0 Å². The Labute approximate surface area is 120 Å². The molecule has 0 saturated carbocycles. The van der Waals surface area contributed by atoms with Gasteiger partial charge in [-0.3, -0.25) is 4.79 Å². The number of rotatable bonds is 4. The monoisotopic (exact) mass is 262 g/mol. The van der Waals surface area contributed by atoms with E-state index in [4.69, 9.17) is 0 Å². The lowest BCUT2D eigenvalue weighted by molar-refractivity contribution is -0.110. The van der Waals surface area contributed by atoms with Crippen LogP contribution in [0, 0.1) is 13.8 Å². The summed E-state index contributed by atoms with van der Waals surface area (Å²) in [6.07, 6.45) is 6.94. The van der Waals surface area contributed by atoms with Crippen molar-refractivity contribution in [3.8, 4) is 0 Å².